The first kappa shape index (κ1) is 21.9. The summed E-state index contributed by atoms with van der Waals surface area (Å²) in [7, 11) is 2.08. The average molecular weight is 532 g/mol. The summed E-state index contributed by atoms with van der Waals surface area (Å²) in [5.74, 6) is 7.13. The molecule has 3 heterocycles. The van der Waals surface area contributed by atoms with Crippen molar-refractivity contribution in [3.63, 3.8) is 0 Å². The Hall–Kier alpha value is -1.97. The monoisotopic (exact) mass is 533 g/mol. The summed E-state index contributed by atoms with van der Waals surface area (Å²) in [5, 5.41) is 1.23. The first-order valence-corrected chi connectivity index (χ1v) is 19.3. The van der Waals surface area contributed by atoms with Gasteiger partial charge in [0, 0.05) is 0 Å². The number of hydrogen-bond donors (Lipinski definition) is 0. The van der Waals surface area contributed by atoms with Crippen molar-refractivity contribution in [2.45, 2.75) is 30.4 Å². The van der Waals surface area contributed by atoms with E-state index in [0.29, 0.717) is 21.6 Å². The van der Waals surface area contributed by atoms with Gasteiger partial charge >= 0.3 is 182 Å². The van der Waals surface area contributed by atoms with Gasteiger partial charge in [-0.1, -0.05) is 0 Å². The van der Waals surface area contributed by atoms with Gasteiger partial charge in [-0.25, -0.2) is 0 Å². The third kappa shape index (κ3) is 3.45. The van der Waals surface area contributed by atoms with Crippen molar-refractivity contribution in [1.29, 1.82) is 0 Å². The second-order valence-electron chi connectivity index (χ2n) is 9.21. The Balaban J connectivity index is 1.81. The van der Waals surface area contributed by atoms with Gasteiger partial charge in [0.1, 0.15) is 0 Å². The Bertz CT molecular complexity index is 1520. The topological polar surface area (TPSA) is 16.8 Å². The van der Waals surface area contributed by atoms with E-state index in [-0.39, 0.29) is 0 Å². The number of aryl methyl sites for hydroxylation is 2. The molecular formula is C24H22F3GeN2S2+. The molecular weight excluding hydrogens is 510 g/mol. The summed E-state index contributed by atoms with van der Waals surface area (Å²) < 4.78 is 46.0. The third-order valence-corrected chi connectivity index (χ3v) is 12.4. The summed E-state index contributed by atoms with van der Waals surface area (Å²) in [5.41, 5.74) is 3.85. The van der Waals surface area contributed by atoms with E-state index in [0.717, 1.165) is 37.0 Å². The van der Waals surface area contributed by atoms with Crippen LogP contribution in [0.3, 0.4) is 0 Å². The van der Waals surface area contributed by atoms with Gasteiger partial charge < -0.3 is 0 Å². The Labute approximate surface area is 194 Å². The van der Waals surface area contributed by atoms with E-state index in [1.54, 1.807) is 17.4 Å². The number of rotatable bonds is 2. The second-order valence-corrected chi connectivity index (χ2v) is 21.9. The van der Waals surface area contributed by atoms with E-state index in [4.69, 9.17) is 0 Å². The predicted molar refractivity (Wildman–Crippen MR) is 132 cm³/mol. The molecule has 32 heavy (non-hydrogen) atoms. The van der Waals surface area contributed by atoms with Gasteiger partial charge in [0.15, 0.2) is 0 Å². The molecule has 0 fully saturated rings. The van der Waals surface area contributed by atoms with Crippen molar-refractivity contribution >= 4 is 70.7 Å². The van der Waals surface area contributed by atoms with Crippen LogP contribution in [-0.4, -0.2) is 18.3 Å². The quantitative estimate of drug-likeness (QED) is 0.176. The molecule has 0 atom stereocenters. The van der Waals surface area contributed by atoms with E-state index in [9.17, 15) is 13.2 Å². The number of pyridine rings is 1. The molecule has 0 spiro atoms. The fourth-order valence-electron chi connectivity index (χ4n) is 4.14. The standard InChI is InChI=1S/C24H22F3GeN2S2/c1-13-6-8-15-16-9-11-18-20(29-23(31-18)24(25,26)27)22(16)32-21(15)19(13)17-10-7-14(12-30(17)5)28(2,3)4/h6-12H,1-5H3/q+1. The molecule has 8 heteroatoms. The Morgan fingerprint density at radius 1 is 0.906 bits per heavy atom. The Kier molecular flexibility index (Phi) is 4.96. The number of alkyl halides is 3. The summed E-state index contributed by atoms with van der Waals surface area (Å²) in [6.45, 7) is 2.09. The molecule has 3 aromatic heterocycles. The molecule has 0 unspecified atom stereocenters. The molecule has 0 saturated carbocycles. The van der Waals surface area contributed by atoms with Crippen LogP contribution in [0, 0.1) is 6.92 Å². The molecule has 5 rings (SSSR count). The van der Waals surface area contributed by atoms with Gasteiger partial charge in [0.2, 0.25) is 0 Å². The van der Waals surface area contributed by atoms with Crippen LogP contribution in [-0.2, 0) is 13.2 Å². The summed E-state index contributed by atoms with van der Waals surface area (Å²) >= 11 is 0.292. The number of benzene rings is 2. The fraction of sp³-hybridized carbons (Fsp3) is 0.250. The molecule has 0 aliphatic carbocycles. The molecule has 0 aliphatic heterocycles. The Morgan fingerprint density at radius 2 is 1.59 bits per heavy atom. The number of thiazole rings is 1. The predicted octanol–water partition coefficient (Wildman–Crippen LogP) is 7.03. The van der Waals surface area contributed by atoms with Crippen molar-refractivity contribution in [2.24, 2.45) is 7.05 Å². The van der Waals surface area contributed by atoms with Crippen LogP contribution in [0.15, 0.2) is 42.6 Å². The number of hydrogen-bond acceptors (Lipinski definition) is 3. The number of aromatic nitrogens is 2. The van der Waals surface area contributed by atoms with E-state index < -0.39 is 24.4 Å². The second kappa shape index (κ2) is 7.27. The molecule has 0 bridgehead atoms. The zero-order valence-corrected chi connectivity index (χ0v) is 22.1. The van der Waals surface area contributed by atoms with E-state index in [1.165, 1.54) is 4.40 Å². The van der Waals surface area contributed by atoms with Gasteiger partial charge in [-0.15, -0.1) is 0 Å². The van der Waals surface area contributed by atoms with E-state index in [2.05, 4.69) is 71.3 Å². The summed E-state index contributed by atoms with van der Waals surface area (Å²) in [4.78, 5) is 3.99. The molecule has 0 radical (unpaired) electrons. The molecule has 0 N–H and O–H groups in total. The van der Waals surface area contributed by atoms with Gasteiger partial charge in [-0.3, -0.25) is 0 Å². The van der Waals surface area contributed by atoms with Crippen molar-refractivity contribution in [3.05, 3.63) is 53.2 Å². The molecule has 2 nitrogen and oxygen atoms in total. The number of thiophene rings is 1. The molecule has 164 valence electrons. The van der Waals surface area contributed by atoms with Crippen LogP contribution >= 0.6 is 22.7 Å². The van der Waals surface area contributed by atoms with Gasteiger partial charge in [-0.2, -0.15) is 13.2 Å². The van der Waals surface area contributed by atoms with Crippen LogP contribution in [0.25, 0.3) is 41.6 Å². The molecule has 0 amide bonds. The van der Waals surface area contributed by atoms with Crippen LogP contribution in [0.4, 0.5) is 13.2 Å². The molecule has 0 saturated heterocycles. The zero-order chi connectivity index (χ0) is 23.0. The molecule has 5 aromatic rings. The summed E-state index contributed by atoms with van der Waals surface area (Å²) in [6, 6.07) is 12.3. The first-order chi connectivity index (χ1) is 14.9. The SMILES string of the molecule is Cc1ccc2c(sc3c2ccc2sc(C(F)(F)F)nc23)c1-c1cc[c]([Ge]([CH3])([CH3])[CH3])c[n+]1C. The van der Waals surface area contributed by atoms with Crippen molar-refractivity contribution in [1.82, 2.24) is 4.98 Å². The zero-order valence-electron chi connectivity index (χ0n) is 18.4. The minimum atomic E-state index is -4.43. The van der Waals surface area contributed by atoms with Gasteiger partial charge in [0.25, 0.3) is 0 Å². The number of nitrogens with zero attached hydrogens (tertiary/aromatic N) is 2. The van der Waals surface area contributed by atoms with E-state index >= 15 is 0 Å². The molecule has 0 aliphatic rings. The van der Waals surface area contributed by atoms with Crippen LogP contribution in [0.2, 0.25) is 17.3 Å². The van der Waals surface area contributed by atoms with Gasteiger partial charge in [-0.05, 0) is 0 Å². The fourth-order valence-corrected chi connectivity index (χ4v) is 8.89. The maximum atomic E-state index is 13.3. The first-order valence-electron chi connectivity index (χ1n) is 10.3. The van der Waals surface area contributed by atoms with Crippen LogP contribution < -0.4 is 8.96 Å². The van der Waals surface area contributed by atoms with Crippen molar-refractivity contribution < 1.29 is 17.7 Å². The molecule has 2 aromatic carbocycles. The minimum absolute atomic E-state index is 0.449. The van der Waals surface area contributed by atoms with Crippen molar-refractivity contribution in [2.75, 3.05) is 0 Å². The van der Waals surface area contributed by atoms with Crippen LogP contribution in [0.5, 0.6) is 0 Å². The number of halogens is 3. The maximum absolute atomic E-state index is 13.3. The van der Waals surface area contributed by atoms with E-state index in [1.807, 2.05) is 6.07 Å². The summed E-state index contributed by atoms with van der Waals surface area (Å²) in [6.07, 6.45) is -2.18. The number of fused-ring (bicyclic) bond motifs is 5. The average Bonchev–Trinajstić information content (AvgIpc) is 3.28. The van der Waals surface area contributed by atoms with Crippen LogP contribution in [0.1, 0.15) is 10.6 Å². The van der Waals surface area contributed by atoms with Gasteiger partial charge in [0.05, 0.1) is 0 Å². The van der Waals surface area contributed by atoms with Crippen molar-refractivity contribution in [3.8, 4) is 11.3 Å². The Morgan fingerprint density at radius 3 is 2.25 bits per heavy atom. The normalized spacial score (nSPS) is 13.0. The third-order valence-electron chi connectivity index (χ3n) is 5.87.